The first-order chi connectivity index (χ1) is 6.50. The quantitative estimate of drug-likeness (QED) is 0.809. The van der Waals surface area contributed by atoms with Crippen LogP contribution in [0.4, 0.5) is 4.39 Å². The predicted molar refractivity (Wildman–Crippen MR) is 65.0 cm³/mol. The summed E-state index contributed by atoms with van der Waals surface area (Å²) in [5.41, 5.74) is 7.57. The molecule has 0 spiro atoms. The number of rotatable bonds is 3. The van der Waals surface area contributed by atoms with Gasteiger partial charge in [0.05, 0.1) is 5.02 Å². The number of halogens is 3. The molecule has 4 heteroatoms. The van der Waals surface area contributed by atoms with Crippen LogP contribution >= 0.6 is 24.0 Å². The molecule has 0 amide bonds. The maximum absolute atomic E-state index is 13.1. The molecule has 0 aliphatic rings. The van der Waals surface area contributed by atoms with Crippen molar-refractivity contribution in [3.8, 4) is 0 Å². The molecule has 0 heterocycles. The van der Waals surface area contributed by atoms with Gasteiger partial charge in [-0.1, -0.05) is 23.2 Å². The SMILES string of the molecule is C=C(C)C[C@H](N)c1ccc(Cl)c(F)c1.Cl. The van der Waals surface area contributed by atoms with Gasteiger partial charge in [-0.15, -0.1) is 19.0 Å². The third-order valence-corrected chi connectivity index (χ3v) is 2.25. The minimum atomic E-state index is -0.429. The fraction of sp³-hybridized carbons (Fsp3) is 0.273. The van der Waals surface area contributed by atoms with Crippen LogP contribution in [-0.2, 0) is 0 Å². The number of nitrogens with two attached hydrogens (primary N) is 1. The van der Waals surface area contributed by atoms with E-state index < -0.39 is 5.82 Å². The van der Waals surface area contributed by atoms with Gasteiger partial charge < -0.3 is 5.73 Å². The fourth-order valence-electron chi connectivity index (χ4n) is 1.24. The van der Waals surface area contributed by atoms with Crippen LogP contribution in [0.25, 0.3) is 0 Å². The van der Waals surface area contributed by atoms with E-state index in [1.807, 2.05) is 6.92 Å². The van der Waals surface area contributed by atoms with E-state index in [9.17, 15) is 4.39 Å². The first kappa shape index (κ1) is 14.4. The van der Waals surface area contributed by atoms with Crippen LogP contribution in [-0.4, -0.2) is 0 Å². The Hall–Kier alpha value is -0.570. The molecule has 1 rings (SSSR count). The first-order valence-corrected chi connectivity index (χ1v) is 4.73. The summed E-state index contributed by atoms with van der Waals surface area (Å²) in [5.74, 6) is -0.429. The highest BCUT2D eigenvalue weighted by Crippen LogP contribution is 2.22. The monoisotopic (exact) mass is 249 g/mol. The Morgan fingerprint density at radius 3 is 2.67 bits per heavy atom. The van der Waals surface area contributed by atoms with Gasteiger partial charge >= 0.3 is 0 Å². The van der Waals surface area contributed by atoms with E-state index in [0.29, 0.717) is 6.42 Å². The summed E-state index contributed by atoms with van der Waals surface area (Å²) in [7, 11) is 0. The van der Waals surface area contributed by atoms with Gasteiger partial charge in [-0.3, -0.25) is 0 Å². The van der Waals surface area contributed by atoms with Gasteiger partial charge in [0.2, 0.25) is 0 Å². The Morgan fingerprint density at radius 2 is 2.20 bits per heavy atom. The van der Waals surface area contributed by atoms with E-state index in [1.54, 1.807) is 6.07 Å². The Morgan fingerprint density at radius 1 is 1.60 bits per heavy atom. The third-order valence-electron chi connectivity index (χ3n) is 1.94. The summed E-state index contributed by atoms with van der Waals surface area (Å²) in [6.45, 7) is 5.66. The molecule has 15 heavy (non-hydrogen) atoms. The fourth-order valence-corrected chi connectivity index (χ4v) is 1.35. The largest absolute Gasteiger partial charge is 0.324 e. The van der Waals surface area contributed by atoms with Crippen molar-refractivity contribution >= 4 is 24.0 Å². The highest BCUT2D eigenvalue weighted by Gasteiger charge is 2.08. The molecule has 1 aromatic carbocycles. The predicted octanol–water partition coefficient (Wildman–Crippen LogP) is 3.87. The van der Waals surface area contributed by atoms with Crippen LogP contribution in [0, 0.1) is 5.82 Å². The van der Waals surface area contributed by atoms with Crippen molar-refractivity contribution in [2.24, 2.45) is 5.73 Å². The van der Waals surface area contributed by atoms with E-state index in [2.05, 4.69) is 6.58 Å². The molecule has 0 saturated carbocycles. The molecule has 2 N–H and O–H groups in total. The van der Waals surface area contributed by atoms with Crippen molar-refractivity contribution in [2.75, 3.05) is 0 Å². The zero-order valence-corrected chi connectivity index (χ0v) is 10.0. The molecule has 0 bridgehead atoms. The summed E-state index contributed by atoms with van der Waals surface area (Å²) in [6.07, 6.45) is 0.654. The Labute approximate surface area is 101 Å². The maximum atomic E-state index is 13.1. The van der Waals surface area contributed by atoms with Crippen molar-refractivity contribution in [3.63, 3.8) is 0 Å². The second-order valence-corrected chi connectivity index (χ2v) is 3.85. The lowest BCUT2D eigenvalue weighted by molar-refractivity contribution is 0.618. The van der Waals surface area contributed by atoms with Crippen molar-refractivity contribution in [1.82, 2.24) is 0 Å². The maximum Gasteiger partial charge on any atom is 0.142 e. The third kappa shape index (κ3) is 4.20. The molecule has 0 saturated heterocycles. The zero-order valence-electron chi connectivity index (χ0n) is 8.47. The normalized spacial score (nSPS) is 11.7. The van der Waals surface area contributed by atoms with Gasteiger partial charge in [0.15, 0.2) is 0 Å². The van der Waals surface area contributed by atoms with Crippen molar-refractivity contribution in [1.29, 1.82) is 0 Å². The van der Waals surface area contributed by atoms with Crippen molar-refractivity contribution in [2.45, 2.75) is 19.4 Å². The van der Waals surface area contributed by atoms with E-state index in [-0.39, 0.29) is 23.5 Å². The van der Waals surface area contributed by atoms with Crippen molar-refractivity contribution < 1.29 is 4.39 Å². The molecule has 1 atom stereocenters. The number of benzene rings is 1. The lowest BCUT2D eigenvalue weighted by atomic mass is 10.0. The Kier molecular flexibility index (Phi) is 5.88. The Balaban J connectivity index is 0.00000196. The molecule has 0 aliphatic heterocycles. The van der Waals surface area contributed by atoms with Gasteiger partial charge in [-0.2, -0.15) is 0 Å². The summed E-state index contributed by atoms with van der Waals surface area (Å²) >= 11 is 5.56. The second-order valence-electron chi connectivity index (χ2n) is 3.44. The molecular formula is C11H14Cl2FN. The topological polar surface area (TPSA) is 26.0 Å². The van der Waals surface area contributed by atoms with Crippen LogP contribution in [0.3, 0.4) is 0 Å². The van der Waals surface area contributed by atoms with Gasteiger partial charge in [0.1, 0.15) is 5.82 Å². The standard InChI is InChI=1S/C11H13ClFN.ClH/c1-7(2)5-11(14)8-3-4-9(12)10(13)6-8;/h3-4,6,11H,1,5,14H2,2H3;1H/t11-;/m0./s1. The van der Waals surface area contributed by atoms with Gasteiger partial charge in [-0.25, -0.2) is 4.39 Å². The lowest BCUT2D eigenvalue weighted by Gasteiger charge is -2.11. The number of hydrogen-bond donors (Lipinski definition) is 1. The van der Waals surface area contributed by atoms with Gasteiger partial charge in [0.25, 0.3) is 0 Å². The van der Waals surface area contributed by atoms with E-state index >= 15 is 0 Å². The lowest BCUT2D eigenvalue weighted by Crippen LogP contribution is -2.10. The number of hydrogen-bond acceptors (Lipinski definition) is 1. The first-order valence-electron chi connectivity index (χ1n) is 4.35. The molecule has 1 aromatic rings. The summed E-state index contributed by atoms with van der Waals surface area (Å²) in [5, 5.41) is 0.122. The van der Waals surface area contributed by atoms with Crippen LogP contribution in [0.5, 0.6) is 0 Å². The van der Waals surface area contributed by atoms with Crippen LogP contribution in [0.15, 0.2) is 30.4 Å². The minimum Gasteiger partial charge on any atom is -0.324 e. The Bertz CT molecular complexity index is 352. The van der Waals surface area contributed by atoms with Crippen LogP contribution in [0.2, 0.25) is 5.02 Å². The zero-order chi connectivity index (χ0) is 10.7. The average Bonchev–Trinajstić information content (AvgIpc) is 2.08. The smallest absolute Gasteiger partial charge is 0.142 e. The molecule has 0 unspecified atom stereocenters. The van der Waals surface area contributed by atoms with Crippen LogP contribution in [0.1, 0.15) is 24.9 Å². The molecule has 0 aliphatic carbocycles. The van der Waals surface area contributed by atoms with E-state index in [4.69, 9.17) is 17.3 Å². The summed E-state index contributed by atoms with van der Waals surface area (Å²) in [4.78, 5) is 0. The highest BCUT2D eigenvalue weighted by molar-refractivity contribution is 6.30. The van der Waals surface area contributed by atoms with Crippen LogP contribution < -0.4 is 5.73 Å². The minimum absolute atomic E-state index is 0. The van der Waals surface area contributed by atoms with Gasteiger partial charge in [0, 0.05) is 6.04 Å². The second kappa shape index (κ2) is 6.11. The summed E-state index contributed by atoms with van der Waals surface area (Å²) < 4.78 is 13.1. The molecule has 1 nitrogen and oxygen atoms in total. The molecule has 0 aromatic heterocycles. The van der Waals surface area contributed by atoms with E-state index in [0.717, 1.165) is 11.1 Å². The molecule has 0 fully saturated rings. The molecule has 84 valence electrons. The molecule has 0 radical (unpaired) electrons. The average molecular weight is 250 g/mol. The van der Waals surface area contributed by atoms with Crippen molar-refractivity contribution in [3.05, 3.63) is 46.8 Å². The highest BCUT2D eigenvalue weighted by atomic mass is 35.5. The molecular weight excluding hydrogens is 236 g/mol. The summed E-state index contributed by atoms with van der Waals surface area (Å²) in [6, 6.07) is 4.42. The van der Waals surface area contributed by atoms with Gasteiger partial charge in [-0.05, 0) is 31.0 Å². The van der Waals surface area contributed by atoms with E-state index in [1.165, 1.54) is 12.1 Å².